The number of hydrogen-bond acceptors (Lipinski definition) is 9. The van der Waals surface area contributed by atoms with Crippen LogP contribution in [-0.2, 0) is 30.5 Å². The van der Waals surface area contributed by atoms with Gasteiger partial charge in [-0.25, -0.2) is 0 Å². The number of nitrogens with two attached hydrogens (primary N) is 1. The Morgan fingerprint density at radius 3 is 2.64 bits per heavy atom. The number of benzene rings is 2. The third kappa shape index (κ3) is 9.83. The Bertz CT molecular complexity index is 1570. The van der Waals surface area contributed by atoms with Crippen LogP contribution in [-0.4, -0.2) is 72.4 Å². The van der Waals surface area contributed by atoms with Crippen molar-refractivity contribution in [2.75, 3.05) is 26.9 Å². The fraction of sp³-hybridized carbons (Fsp3) is 0.590. The normalized spacial score (nSPS) is 21.6. The molecule has 0 unspecified atom stereocenters. The molecule has 2 aromatic rings. The number of aliphatic hydroxyl groups excluding tert-OH is 2. The van der Waals surface area contributed by atoms with Crippen molar-refractivity contribution in [2.45, 2.75) is 109 Å². The minimum Gasteiger partial charge on any atom is -0.504 e. The van der Waals surface area contributed by atoms with Crippen molar-refractivity contribution < 1.29 is 34.3 Å². The molecule has 7 N–H and O–H groups in total. The molecule has 0 radical (unpaired) electrons. The van der Waals surface area contributed by atoms with E-state index < -0.39 is 12.4 Å². The zero-order valence-electron chi connectivity index (χ0n) is 29.7. The van der Waals surface area contributed by atoms with Crippen LogP contribution in [0.4, 0.5) is 0 Å². The largest absolute Gasteiger partial charge is 0.504 e. The molecule has 2 bridgehead atoms. The Hall–Kier alpha value is -3.98. The second-order valence-electron chi connectivity index (χ2n) is 14.2. The summed E-state index contributed by atoms with van der Waals surface area (Å²) in [6.45, 7) is 5.60. The third-order valence-corrected chi connectivity index (χ3v) is 9.81. The number of ketones is 1. The average Bonchev–Trinajstić information content (AvgIpc) is 3.60. The number of aliphatic imine (C=N–C) groups is 1. The summed E-state index contributed by atoms with van der Waals surface area (Å²) in [4.78, 5) is 17.3. The predicted molar refractivity (Wildman–Crippen MR) is 193 cm³/mol. The van der Waals surface area contributed by atoms with Crippen LogP contribution in [0.1, 0.15) is 93.0 Å². The van der Waals surface area contributed by atoms with Gasteiger partial charge in [-0.2, -0.15) is 0 Å². The number of phenolic OH excluding ortho intramolecular Hbond substituents is 1. The molecule has 0 amide bonds. The molecule has 0 saturated heterocycles. The highest BCUT2D eigenvalue weighted by Gasteiger charge is 2.34. The van der Waals surface area contributed by atoms with E-state index in [1.807, 2.05) is 0 Å². The highest BCUT2D eigenvalue weighted by molar-refractivity contribution is 5.79. The fourth-order valence-electron chi connectivity index (χ4n) is 7.02. The number of phenols is 1. The van der Waals surface area contributed by atoms with Gasteiger partial charge in [0.1, 0.15) is 12.5 Å². The molecule has 3 aliphatic rings. The van der Waals surface area contributed by atoms with Crippen LogP contribution in [0.2, 0.25) is 0 Å². The maximum Gasteiger partial charge on any atom is 0.200 e. The summed E-state index contributed by atoms with van der Waals surface area (Å²) in [5.41, 5.74) is 10.1. The summed E-state index contributed by atoms with van der Waals surface area (Å²) in [7, 11) is 1.48. The number of carbonyl (C=O) groups is 1. The van der Waals surface area contributed by atoms with Crippen molar-refractivity contribution >= 4 is 11.7 Å². The Balaban J connectivity index is 1.50. The number of hydrogen-bond donors (Lipinski definition) is 6. The maximum absolute atomic E-state index is 12.9. The lowest BCUT2D eigenvalue weighted by atomic mass is 9.86. The van der Waals surface area contributed by atoms with E-state index in [9.17, 15) is 20.1 Å². The summed E-state index contributed by atoms with van der Waals surface area (Å²) in [5.74, 6) is 8.25. The van der Waals surface area contributed by atoms with Crippen LogP contribution in [0.5, 0.6) is 23.0 Å². The number of Topliss-reactive ketones (excluding diaryl/α,β-unsaturated/α-hetero) is 1. The van der Waals surface area contributed by atoms with Gasteiger partial charge in [0.15, 0.2) is 29.0 Å². The van der Waals surface area contributed by atoms with Crippen LogP contribution in [0, 0.1) is 23.7 Å². The first-order valence-corrected chi connectivity index (χ1v) is 18.1. The van der Waals surface area contributed by atoms with Crippen molar-refractivity contribution in [3.63, 3.8) is 0 Å². The summed E-state index contributed by atoms with van der Waals surface area (Å²) < 4.78 is 18.3. The molecule has 1 heterocycles. The number of aromatic hydroxyl groups is 1. The number of methoxy groups -OCH3 is 1. The van der Waals surface area contributed by atoms with Crippen LogP contribution >= 0.6 is 0 Å². The van der Waals surface area contributed by atoms with E-state index >= 15 is 0 Å². The monoisotopic (exact) mass is 690 g/mol. The first-order chi connectivity index (χ1) is 24.1. The van der Waals surface area contributed by atoms with Crippen molar-refractivity contribution in [3.8, 4) is 34.8 Å². The van der Waals surface area contributed by atoms with Crippen molar-refractivity contribution in [3.05, 3.63) is 46.0 Å². The van der Waals surface area contributed by atoms with Gasteiger partial charge in [-0.15, -0.1) is 0 Å². The summed E-state index contributed by atoms with van der Waals surface area (Å²) in [6.07, 6.45) is 5.73. The smallest absolute Gasteiger partial charge is 0.200 e. The van der Waals surface area contributed by atoms with Crippen LogP contribution in [0.15, 0.2) is 23.2 Å². The first kappa shape index (κ1) is 37.3. The molecule has 272 valence electrons. The van der Waals surface area contributed by atoms with Gasteiger partial charge in [0.2, 0.25) is 6.29 Å². The van der Waals surface area contributed by atoms with E-state index in [-0.39, 0.29) is 42.8 Å². The van der Waals surface area contributed by atoms with E-state index in [1.54, 1.807) is 12.1 Å². The van der Waals surface area contributed by atoms with Gasteiger partial charge in [-0.1, -0.05) is 50.7 Å². The van der Waals surface area contributed by atoms with Crippen LogP contribution in [0.3, 0.4) is 0 Å². The highest BCUT2D eigenvalue weighted by Crippen LogP contribution is 2.44. The molecule has 0 spiro atoms. The van der Waals surface area contributed by atoms with Crippen LogP contribution < -0.4 is 30.6 Å². The van der Waals surface area contributed by atoms with E-state index in [0.29, 0.717) is 86.6 Å². The molecule has 11 heteroatoms. The van der Waals surface area contributed by atoms with Gasteiger partial charge in [-0.05, 0) is 68.1 Å². The van der Waals surface area contributed by atoms with Gasteiger partial charge >= 0.3 is 0 Å². The van der Waals surface area contributed by atoms with Crippen molar-refractivity contribution in [1.82, 2.24) is 10.6 Å². The Morgan fingerprint density at radius 1 is 1.08 bits per heavy atom. The Kier molecular flexibility index (Phi) is 13.3. The zero-order valence-corrected chi connectivity index (χ0v) is 29.7. The predicted octanol–water partition coefficient (Wildman–Crippen LogP) is 3.88. The fourth-order valence-corrected chi connectivity index (χ4v) is 7.02. The lowest BCUT2D eigenvalue weighted by molar-refractivity contribution is -0.121. The molecule has 1 saturated carbocycles. The van der Waals surface area contributed by atoms with Crippen molar-refractivity contribution in [1.29, 1.82) is 0 Å². The topological polar surface area (TPSA) is 168 Å². The van der Waals surface area contributed by atoms with Crippen molar-refractivity contribution in [2.24, 2.45) is 22.6 Å². The van der Waals surface area contributed by atoms with Crippen LogP contribution in [0.25, 0.3) is 0 Å². The molecule has 2 aliphatic carbocycles. The summed E-state index contributed by atoms with van der Waals surface area (Å²) in [5, 5.41) is 39.5. The standard InChI is InChI=1S/C39H54N4O7/c1-24(2)22-42-39(40)41-18-17-28-20-33-26-12-15-31(45)21-30(44)14-11-25-13-16-34(46)36(48-3)32(25)10-6-7-27(19-26)35(37(33)50-38(28)47)49-23-43-29-8-4-5-9-29/h13,16,19,24,28-29,31,38,43,45-47H,4-5,7-9,11-12,14-15,17-18,20-23H2,1-3H3,(H3,40,41,42)/t28-,31+,38-/m0/s1. The van der Waals surface area contributed by atoms with Gasteiger partial charge in [0.05, 0.1) is 18.8 Å². The summed E-state index contributed by atoms with van der Waals surface area (Å²) in [6, 6.07) is 5.77. The zero-order chi connectivity index (χ0) is 35.6. The third-order valence-electron chi connectivity index (χ3n) is 9.81. The summed E-state index contributed by atoms with van der Waals surface area (Å²) >= 11 is 0. The second-order valence-corrected chi connectivity index (χ2v) is 14.2. The molecule has 1 aliphatic heterocycles. The molecular weight excluding hydrogens is 636 g/mol. The number of guanidine groups is 1. The molecule has 2 aromatic carbocycles. The SMILES string of the molecule is COc1c(O)ccc2c1C#CCc1cc(c3c(c1OCNC1CCCC1)O[C@H](O)[C@@H](CCNC(N)=NCC(C)C)C3)CC[C@@H](O)CC(=O)CC2. The number of rotatable bonds is 10. The molecule has 1 fully saturated rings. The molecular formula is C39H54N4O7. The molecule has 11 nitrogen and oxygen atoms in total. The quantitative estimate of drug-likeness (QED) is 0.0932. The van der Waals surface area contributed by atoms with Gasteiger partial charge in [0, 0.05) is 55.4 Å². The minimum atomic E-state index is -1.08. The second kappa shape index (κ2) is 17.8. The average molecular weight is 691 g/mol. The van der Waals surface area contributed by atoms with E-state index in [4.69, 9.17) is 19.9 Å². The number of fused-ring (bicyclic) bond motifs is 5. The van der Waals surface area contributed by atoms with E-state index in [1.165, 1.54) is 20.0 Å². The lowest BCUT2D eigenvalue weighted by Crippen LogP contribution is -2.38. The molecule has 0 aromatic heterocycles. The number of aryl methyl sites for hydroxylation is 2. The number of aliphatic hydroxyl groups is 2. The number of carbonyl (C=O) groups excluding carboxylic acids is 1. The molecule has 5 rings (SSSR count). The molecule has 50 heavy (non-hydrogen) atoms. The maximum atomic E-state index is 12.9. The highest BCUT2D eigenvalue weighted by atomic mass is 16.6. The minimum absolute atomic E-state index is 0.0315. The Morgan fingerprint density at radius 2 is 1.88 bits per heavy atom. The Labute approximate surface area is 296 Å². The first-order valence-electron chi connectivity index (χ1n) is 18.1. The number of nitrogens with one attached hydrogen (secondary N) is 2. The van der Waals surface area contributed by atoms with Gasteiger partial charge in [0.25, 0.3) is 0 Å². The van der Waals surface area contributed by atoms with Gasteiger partial charge < -0.3 is 40.6 Å². The van der Waals surface area contributed by atoms with E-state index in [2.05, 4.69) is 47.4 Å². The molecule has 3 atom stereocenters. The van der Waals surface area contributed by atoms with E-state index in [0.717, 1.165) is 35.1 Å². The lowest BCUT2D eigenvalue weighted by Gasteiger charge is -2.34. The van der Waals surface area contributed by atoms with Gasteiger partial charge in [-0.3, -0.25) is 15.1 Å². The number of ether oxygens (including phenoxy) is 3. The number of nitrogens with zero attached hydrogens (tertiary/aromatic N) is 1.